The number of hydrogen-bond acceptors (Lipinski definition) is 3. The molecule has 1 aliphatic carbocycles. The molecule has 1 fully saturated rings. The highest BCUT2D eigenvalue weighted by Gasteiger charge is 2.46. The fraction of sp³-hybridized carbons (Fsp3) is 0.857. The van der Waals surface area contributed by atoms with Crippen LogP contribution in [-0.4, -0.2) is 29.1 Å². The molecular formula is C14H26N2O3. The second-order valence-corrected chi connectivity index (χ2v) is 6.43. The van der Waals surface area contributed by atoms with Crippen molar-refractivity contribution in [2.75, 3.05) is 0 Å². The van der Waals surface area contributed by atoms with Crippen LogP contribution in [0.4, 0.5) is 0 Å². The van der Waals surface area contributed by atoms with Crippen molar-refractivity contribution in [3.8, 4) is 0 Å². The van der Waals surface area contributed by atoms with Crippen molar-refractivity contribution >= 4 is 11.9 Å². The van der Waals surface area contributed by atoms with Crippen LogP contribution in [0.3, 0.4) is 0 Å². The van der Waals surface area contributed by atoms with Gasteiger partial charge in [0.05, 0.1) is 5.92 Å². The predicted octanol–water partition coefficient (Wildman–Crippen LogP) is 1.37. The lowest BCUT2D eigenvalue weighted by atomic mass is 9.61. The zero-order valence-electron chi connectivity index (χ0n) is 12.3. The Morgan fingerprint density at radius 1 is 1.42 bits per heavy atom. The Morgan fingerprint density at radius 2 is 2.00 bits per heavy atom. The van der Waals surface area contributed by atoms with Gasteiger partial charge in [-0.2, -0.15) is 0 Å². The van der Waals surface area contributed by atoms with Crippen LogP contribution in [0.5, 0.6) is 0 Å². The van der Waals surface area contributed by atoms with Crippen molar-refractivity contribution in [3.63, 3.8) is 0 Å². The summed E-state index contributed by atoms with van der Waals surface area (Å²) in [5.74, 6) is -1.00. The summed E-state index contributed by atoms with van der Waals surface area (Å²) in [6.07, 6.45) is 1.63. The van der Waals surface area contributed by atoms with Crippen molar-refractivity contribution in [2.24, 2.45) is 23.0 Å². The van der Waals surface area contributed by atoms with E-state index in [4.69, 9.17) is 5.73 Å². The molecule has 5 heteroatoms. The van der Waals surface area contributed by atoms with Crippen LogP contribution in [0.1, 0.15) is 47.0 Å². The second-order valence-electron chi connectivity index (χ2n) is 6.43. The second kappa shape index (κ2) is 5.90. The van der Waals surface area contributed by atoms with Gasteiger partial charge in [-0.15, -0.1) is 0 Å². The molecule has 4 N–H and O–H groups in total. The first kappa shape index (κ1) is 16.0. The third-order valence-corrected chi connectivity index (χ3v) is 4.59. The molecule has 0 radical (unpaired) electrons. The maximum Gasteiger partial charge on any atom is 0.307 e. The Bertz CT molecular complexity index is 353. The minimum absolute atomic E-state index is 0.0387. The molecule has 5 nitrogen and oxygen atoms in total. The summed E-state index contributed by atoms with van der Waals surface area (Å²) in [7, 11) is 0. The van der Waals surface area contributed by atoms with Crippen molar-refractivity contribution in [1.82, 2.24) is 5.32 Å². The Labute approximate surface area is 114 Å². The summed E-state index contributed by atoms with van der Waals surface area (Å²) in [4.78, 5) is 23.1. The van der Waals surface area contributed by atoms with Crippen LogP contribution in [0, 0.1) is 17.3 Å². The van der Waals surface area contributed by atoms with E-state index in [2.05, 4.69) is 5.32 Å². The number of amides is 1. The average Bonchev–Trinajstić information content (AvgIpc) is 2.23. The van der Waals surface area contributed by atoms with Gasteiger partial charge < -0.3 is 16.2 Å². The lowest BCUT2D eigenvalue weighted by molar-refractivity contribution is -0.150. The number of hydrogen-bond donors (Lipinski definition) is 3. The monoisotopic (exact) mass is 270 g/mol. The first-order valence-electron chi connectivity index (χ1n) is 6.94. The van der Waals surface area contributed by atoms with Gasteiger partial charge in [0.1, 0.15) is 0 Å². The van der Waals surface area contributed by atoms with E-state index in [1.807, 2.05) is 20.8 Å². The Balaban J connectivity index is 2.70. The summed E-state index contributed by atoms with van der Waals surface area (Å²) < 4.78 is 0. The third-order valence-electron chi connectivity index (χ3n) is 4.59. The molecule has 0 spiro atoms. The summed E-state index contributed by atoms with van der Waals surface area (Å²) in [5.41, 5.74) is 5.29. The summed E-state index contributed by atoms with van der Waals surface area (Å²) in [5, 5.41) is 12.3. The van der Waals surface area contributed by atoms with E-state index >= 15 is 0 Å². The predicted molar refractivity (Wildman–Crippen MR) is 73.5 cm³/mol. The number of carboxylic acid groups (broad SMARTS) is 1. The molecule has 0 aliphatic heterocycles. The Kier molecular flexibility index (Phi) is 4.96. The van der Waals surface area contributed by atoms with Crippen molar-refractivity contribution in [2.45, 2.75) is 59.0 Å². The summed E-state index contributed by atoms with van der Waals surface area (Å²) >= 11 is 0. The van der Waals surface area contributed by atoms with Crippen LogP contribution in [0.2, 0.25) is 0 Å². The van der Waals surface area contributed by atoms with Gasteiger partial charge in [0.25, 0.3) is 0 Å². The Hall–Kier alpha value is -1.10. The molecule has 1 aliphatic rings. The molecule has 110 valence electrons. The van der Waals surface area contributed by atoms with Crippen LogP contribution in [0.15, 0.2) is 0 Å². The maximum atomic E-state index is 11.8. The fourth-order valence-electron chi connectivity index (χ4n) is 3.00. The number of carboxylic acids is 1. The van der Waals surface area contributed by atoms with Crippen molar-refractivity contribution in [3.05, 3.63) is 0 Å². The minimum atomic E-state index is -0.739. The molecular weight excluding hydrogens is 244 g/mol. The zero-order valence-corrected chi connectivity index (χ0v) is 12.3. The van der Waals surface area contributed by atoms with Gasteiger partial charge in [0, 0.05) is 18.5 Å². The molecule has 0 aromatic rings. The zero-order chi connectivity index (χ0) is 14.8. The van der Waals surface area contributed by atoms with E-state index in [0.717, 1.165) is 0 Å². The number of nitrogens with one attached hydrogen (secondary N) is 1. The first-order chi connectivity index (χ1) is 8.66. The van der Waals surface area contributed by atoms with Gasteiger partial charge in [0.2, 0.25) is 5.91 Å². The van der Waals surface area contributed by atoms with Gasteiger partial charge in [-0.3, -0.25) is 9.59 Å². The number of carbonyl (C=O) groups excluding carboxylic acids is 1. The largest absolute Gasteiger partial charge is 0.481 e. The van der Waals surface area contributed by atoms with Gasteiger partial charge in [-0.1, -0.05) is 20.8 Å². The highest BCUT2D eigenvalue weighted by Crippen LogP contribution is 2.45. The summed E-state index contributed by atoms with van der Waals surface area (Å²) in [6, 6.07) is -0.115. The van der Waals surface area contributed by atoms with E-state index in [1.165, 1.54) is 0 Å². The molecule has 19 heavy (non-hydrogen) atoms. The lowest BCUT2D eigenvalue weighted by Gasteiger charge is -2.46. The third kappa shape index (κ3) is 3.69. The SMILES string of the molecule is CC(N)CC(=O)NC1CCC(C(=O)O)C(C)(C)C1C. The molecule has 0 aromatic heterocycles. The first-order valence-corrected chi connectivity index (χ1v) is 6.94. The molecule has 0 bridgehead atoms. The highest BCUT2D eigenvalue weighted by atomic mass is 16.4. The van der Waals surface area contributed by atoms with E-state index < -0.39 is 5.97 Å². The lowest BCUT2D eigenvalue weighted by Crippen LogP contribution is -2.52. The van der Waals surface area contributed by atoms with E-state index in [9.17, 15) is 14.7 Å². The molecule has 1 amide bonds. The molecule has 1 rings (SSSR count). The molecule has 4 unspecified atom stereocenters. The number of aliphatic carboxylic acids is 1. The smallest absolute Gasteiger partial charge is 0.307 e. The number of rotatable bonds is 4. The van der Waals surface area contributed by atoms with Crippen LogP contribution >= 0.6 is 0 Å². The van der Waals surface area contributed by atoms with Gasteiger partial charge in [0.15, 0.2) is 0 Å². The van der Waals surface area contributed by atoms with Crippen LogP contribution < -0.4 is 11.1 Å². The van der Waals surface area contributed by atoms with Gasteiger partial charge >= 0.3 is 5.97 Å². The summed E-state index contributed by atoms with van der Waals surface area (Å²) in [6.45, 7) is 7.76. The number of nitrogens with two attached hydrogens (primary N) is 1. The van der Waals surface area contributed by atoms with Gasteiger partial charge in [-0.25, -0.2) is 0 Å². The highest BCUT2D eigenvalue weighted by molar-refractivity contribution is 5.77. The quantitative estimate of drug-likeness (QED) is 0.719. The van der Waals surface area contributed by atoms with Crippen molar-refractivity contribution < 1.29 is 14.7 Å². The van der Waals surface area contributed by atoms with Crippen LogP contribution in [-0.2, 0) is 9.59 Å². The topological polar surface area (TPSA) is 92.4 Å². The van der Waals surface area contributed by atoms with E-state index in [-0.39, 0.29) is 35.2 Å². The fourth-order valence-corrected chi connectivity index (χ4v) is 3.00. The molecule has 4 atom stereocenters. The molecule has 0 heterocycles. The average molecular weight is 270 g/mol. The molecule has 0 aromatic carbocycles. The maximum absolute atomic E-state index is 11.8. The molecule has 1 saturated carbocycles. The van der Waals surface area contributed by atoms with E-state index in [0.29, 0.717) is 19.3 Å². The van der Waals surface area contributed by atoms with Crippen LogP contribution in [0.25, 0.3) is 0 Å². The molecule has 0 saturated heterocycles. The van der Waals surface area contributed by atoms with E-state index in [1.54, 1.807) is 6.92 Å². The minimum Gasteiger partial charge on any atom is -0.481 e. The number of carbonyl (C=O) groups is 2. The Morgan fingerprint density at radius 3 is 2.47 bits per heavy atom. The normalized spacial score (nSPS) is 31.5. The standard InChI is InChI=1S/C14H26N2O3/c1-8(15)7-12(17)16-11-6-5-10(13(18)19)14(3,4)9(11)2/h8-11H,5-7,15H2,1-4H3,(H,16,17)(H,18,19). The van der Waals surface area contributed by atoms with Gasteiger partial charge in [-0.05, 0) is 31.1 Å². The van der Waals surface area contributed by atoms with Crippen molar-refractivity contribution in [1.29, 1.82) is 0 Å².